The lowest BCUT2D eigenvalue weighted by Crippen LogP contribution is -2.37. The quantitative estimate of drug-likeness (QED) is 0.656. The number of carbonyl (C=O) groups excluding carboxylic acids is 2. The van der Waals surface area contributed by atoms with Crippen LogP contribution in [0.15, 0.2) is 24.3 Å². The normalized spacial score (nSPS) is 10.5. The van der Waals surface area contributed by atoms with Crippen LogP contribution < -0.4 is 4.74 Å². The summed E-state index contributed by atoms with van der Waals surface area (Å²) in [5, 5.41) is 0. The van der Waals surface area contributed by atoms with E-state index >= 15 is 0 Å². The highest BCUT2D eigenvalue weighted by Crippen LogP contribution is 2.17. The van der Waals surface area contributed by atoms with Crippen molar-refractivity contribution in [2.75, 3.05) is 20.8 Å². The molecule has 1 rings (SSSR count). The zero-order valence-corrected chi connectivity index (χ0v) is 14.5. The van der Waals surface area contributed by atoms with Crippen LogP contribution in [-0.2, 0) is 20.9 Å². The number of hydrogen-bond acceptors (Lipinski definition) is 4. The van der Waals surface area contributed by atoms with Crippen LogP contribution in [0.2, 0.25) is 0 Å². The number of ether oxygens (including phenoxy) is 2. The third-order valence-corrected chi connectivity index (χ3v) is 3.99. The maximum atomic E-state index is 12.7. The molecule has 0 saturated heterocycles. The average molecular weight is 321 g/mol. The monoisotopic (exact) mass is 321 g/mol. The van der Waals surface area contributed by atoms with E-state index in [0.29, 0.717) is 13.1 Å². The van der Waals surface area contributed by atoms with E-state index in [1.54, 1.807) is 12.0 Å². The van der Waals surface area contributed by atoms with Gasteiger partial charge < -0.3 is 14.4 Å². The molecule has 5 heteroatoms. The van der Waals surface area contributed by atoms with Crippen molar-refractivity contribution < 1.29 is 19.1 Å². The maximum Gasteiger partial charge on any atom is 0.307 e. The summed E-state index contributed by atoms with van der Waals surface area (Å²) in [5.74, 6) is 0.559. The molecule has 0 atom stereocenters. The Bertz CT molecular complexity index is 494. The van der Waals surface area contributed by atoms with Crippen LogP contribution in [0.3, 0.4) is 0 Å². The molecule has 0 aliphatic heterocycles. The van der Waals surface area contributed by atoms with Crippen LogP contribution in [-0.4, -0.2) is 37.5 Å². The topological polar surface area (TPSA) is 55.8 Å². The van der Waals surface area contributed by atoms with Crippen LogP contribution >= 0.6 is 0 Å². The Morgan fingerprint density at radius 3 is 2.17 bits per heavy atom. The van der Waals surface area contributed by atoms with Gasteiger partial charge in [-0.1, -0.05) is 26.0 Å². The molecular formula is C18H27NO4. The Kier molecular flexibility index (Phi) is 8.16. The molecule has 0 aliphatic rings. The van der Waals surface area contributed by atoms with Gasteiger partial charge in [-0.15, -0.1) is 0 Å². The Labute approximate surface area is 138 Å². The van der Waals surface area contributed by atoms with Gasteiger partial charge in [0.15, 0.2) is 0 Å². The molecule has 0 radical (unpaired) electrons. The number of benzene rings is 1. The number of amides is 1. The van der Waals surface area contributed by atoms with Gasteiger partial charge in [-0.3, -0.25) is 9.59 Å². The molecule has 128 valence electrons. The van der Waals surface area contributed by atoms with Gasteiger partial charge in [-0.05, 0) is 30.5 Å². The fourth-order valence-corrected chi connectivity index (χ4v) is 2.44. The molecule has 1 aromatic rings. The Morgan fingerprint density at radius 1 is 1.09 bits per heavy atom. The third-order valence-electron chi connectivity index (χ3n) is 3.99. The number of hydrogen-bond donors (Lipinski definition) is 0. The maximum absolute atomic E-state index is 12.7. The van der Waals surface area contributed by atoms with Crippen molar-refractivity contribution in [2.45, 2.75) is 39.7 Å². The van der Waals surface area contributed by atoms with E-state index in [2.05, 4.69) is 4.74 Å². The molecule has 1 aromatic carbocycles. The number of carbonyl (C=O) groups is 2. The molecule has 0 spiro atoms. The van der Waals surface area contributed by atoms with Gasteiger partial charge in [-0.2, -0.15) is 0 Å². The zero-order valence-electron chi connectivity index (χ0n) is 14.5. The molecule has 0 fully saturated rings. The van der Waals surface area contributed by atoms with Crippen molar-refractivity contribution >= 4 is 11.9 Å². The summed E-state index contributed by atoms with van der Waals surface area (Å²) < 4.78 is 9.83. The SMILES string of the molecule is CCC(CC)C(=O)N(CCC(=O)OC)Cc1ccc(OC)cc1. The number of methoxy groups -OCH3 is 2. The third kappa shape index (κ3) is 5.93. The molecular weight excluding hydrogens is 294 g/mol. The van der Waals surface area contributed by atoms with Crippen LogP contribution in [0, 0.1) is 5.92 Å². The highest BCUT2D eigenvalue weighted by Gasteiger charge is 2.22. The standard InChI is InChI=1S/C18H27NO4/c1-5-15(6-2)18(21)19(12-11-17(20)23-4)13-14-7-9-16(22-3)10-8-14/h7-10,15H,5-6,11-13H2,1-4H3. The molecule has 23 heavy (non-hydrogen) atoms. The Hall–Kier alpha value is -2.04. The van der Waals surface area contributed by atoms with Crippen LogP contribution in [0.1, 0.15) is 38.7 Å². The van der Waals surface area contributed by atoms with Crippen molar-refractivity contribution in [1.82, 2.24) is 4.90 Å². The summed E-state index contributed by atoms with van der Waals surface area (Å²) in [5.41, 5.74) is 1.01. The summed E-state index contributed by atoms with van der Waals surface area (Å²) in [6.45, 7) is 4.88. The second-order valence-corrected chi connectivity index (χ2v) is 5.45. The lowest BCUT2D eigenvalue weighted by atomic mass is 10.0. The van der Waals surface area contributed by atoms with Gasteiger partial charge >= 0.3 is 5.97 Å². The molecule has 1 amide bonds. The molecule has 0 saturated carbocycles. The molecule has 0 N–H and O–H groups in total. The fourth-order valence-electron chi connectivity index (χ4n) is 2.44. The lowest BCUT2D eigenvalue weighted by Gasteiger charge is -2.26. The second kappa shape index (κ2) is 9.87. The van der Waals surface area contributed by atoms with Crippen molar-refractivity contribution in [3.05, 3.63) is 29.8 Å². The summed E-state index contributed by atoms with van der Waals surface area (Å²) >= 11 is 0. The predicted octanol–water partition coefficient (Wildman–Crippen LogP) is 3.02. The predicted molar refractivity (Wildman–Crippen MR) is 89.1 cm³/mol. The van der Waals surface area contributed by atoms with Gasteiger partial charge in [0.05, 0.1) is 20.6 Å². The fraction of sp³-hybridized carbons (Fsp3) is 0.556. The average Bonchev–Trinajstić information content (AvgIpc) is 2.59. The summed E-state index contributed by atoms with van der Waals surface area (Å²) in [7, 11) is 2.98. The van der Waals surface area contributed by atoms with Crippen molar-refractivity contribution in [2.24, 2.45) is 5.92 Å². The number of esters is 1. The summed E-state index contributed by atoms with van der Waals surface area (Å²) in [6, 6.07) is 7.61. The lowest BCUT2D eigenvalue weighted by molar-refractivity contribution is -0.142. The van der Waals surface area contributed by atoms with E-state index in [9.17, 15) is 9.59 Å². The minimum absolute atomic E-state index is 0.00843. The van der Waals surface area contributed by atoms with Gasteiger partial charge in [-0.25, -0.2) is 0 Å². The largest absolute Gasteiger partial charge is 0.497 e. The van der Waals surface area contributed by atoms with Crippen LogP contribution in [0.4, 0.5) is 0 Å². The van der Waals surface area contributed by atoms with E-state index in [-0.39, 0.29) is 24.2 Å². The van der Waals surface area contributed by atoms with E-state index in [0.717, 1.165) is 24.2 Å². The zero-order chi connectivity index (χ0) is 17.2. The highest BCUT2D eigenvalue weighted by atomic mass is 16.5. The van der Waals surface area contributed by atoms with E-state index in [1.165, 1.54) is 7.11 Å². The highest BCUT2D eigenvalue weighted by molar-refractivity contribution is 5.79. The van der Waals surface area contributed by atoms with Crippen molar-refractivity contribution in [3.63, 3.8) is 0 Å². The summed E-state index contributed by atoms with van der Waals surface area (Å²) in [4.78, 5) is 25.8. The van der Waals surface area contributed by atoms with Gasteiger partial charge in [0, 0.05) is 19.0 Å². The molecule has 0 aromatic heterocycles. The molecule has 0 unspecified atom stereocenters. The first-order valence-corrected chi connectivity index (χ1v) is 8.04. The Morgan fingerprint density at radius 2 is 1.70 bits per heavy atom. The first kappa shape index (κ1) is 19.0. The number of nitrogens with zero attached hydrogens (tertiary/aromatic N) is 1. The molecule has 0 aliphatic carbocycles. The van der Waals surface area contributed by atoms with Crippen LogP contribution in [0.25, 0.3) is 0 Å². The van der Waals surface area contributed by atoms with Crippen molar-refractivity contribution in [1.29, 1.82) is 0 Å². The van der Waals surface area contributed by atoms with Gasteiger partial charge in [0.25, 0.3) is 0 Å². The molecule has 0 bridgehead atoms. The minimum atomic E-state index is -0.304. The Balaban J connectivity index is 2.83. The minimum Gasteiger partial charge on any atom is -0.497 e. The second-order valence-electron chi connectivity index (χ2n) is 5.45. The number of rotatable bonds is 9. The summed E-state index contributed by atoms with van der Waals surface area (Å²) in [6.07, 6.45) is 1.80. The van der Waals surface area contributed by atoms with Gasteiger partial charge in [0.2, 0.25) is 5.91 Å². The van der Waals surface area contributed by atoms with E-state index < -0.39 is 0 Å². The molecule has 0 heterocycles. The molecule has 5 nitrogen and oxygen atoms in total. The van der Waals surface area contributed by atoms with Gasteiger partial charge in [0.1, 0.15) is 5.75 Å². The first-order chi connectivity index (χ1) is 11.0. The van der Waals surface area contributed by atoms with E-state index in [4.69, 9.17) is 4.74 Å². The van der Waals surface area contributed by atoms with E-state index in [1.807, 2.05) is 38.1 Å². The van der Waals surface area contributed by atoms with Crippen molar-refractivity contribution in [3.8, 4) is 5.75 Å². The first-order valence-electron chi connectivity index (χ1n) is 8.04. The van der Waals surface area contributed by atoms with Crippen LogP contribution in [0.5, 0.6) is 5.75 Å². The smallest absolute Gasteiger partial charge is 0.307 e.